The lowest BCUT2D eigenvalue weighted by Crippen LogP contribution is -2.38. The molecule has 0 aliphatic heterocycles. The quantitative estimate of drug-likeness (QED) is 0.847. The lowest BCUT2D eigenvalue weighted by atomic mass is 9.87. The van der Waals surface area contributed by atoms with Gasteiger partial charge in [0.25, 0.3) is 0 Å². The Morgan fingerprint density at radius 2 is 2.05 bits per heavy atom. The van der Waals surface area contributed by atoms with Crippen molar-refractivity contribution >= 4 is 5.82 Å². The Bertz CT molecular complexity index is 382. The number of nitrogens with zero attached hydrogens (tertiary/aromatic N) is 2. The van der Waals surface area contributed by atoms with Gasteiger partial charge in [0.05, 0.1) is 0 Å². The predicted molar refractivity (Wildman–Crippen MR) is 83.4 cm³/mol. The molecule has 1 rings (SSSR count). The maximum Gasteiger partial charge on any atom is 0.126 e. The van der Waals surface area contributed by atoms with E-state index in [1.807, 2.05) is 6.20 Å². The van der Waals surface area contributed by atoms with Crippen molar-refractivity contribution in [1.82, 2.24) is 9.88 Å². The van der Waals surface area contributed by atoms with Crippen LogP contribution in [0.1, 0.15) is 46.6 Å². The molecule has 0 amide bonds. The van der Waals surface area contributed by atoms with Crippen molar-refractivity contribution in [1.29, 1.82) is 0 Å². The topological polar surface area (TPSA) is 28.2 Å². The predicted octanol–water partition coefficient (Wildman–Crippen LogP) is 3.77. The van der Waals surface area contributed by atoms with E-state index < -0.39 is 0 Å². The zero-order valence-electron chi connectivity index (χ0n) is 13.3. The number of aromatic nitrogens is 1. The molecule has 1 aromatic heterocycles. The second-order valence-electron chi connectivity index (χ2n) is 6.43. The SMILES string of the molecule is CCCNc1cc(CN(C)C(C)C(C)(C)C)ccn1. The first-order valence-corrected chi connectivity index (χ1v) is 7.23. The minimum absolute atomic E-state index is 0.297. The van der Waals surface area contributed by atoms with Crippen molar-refractivity contribution in [2.75, 3.05) is 18.9 Å². The highest BCUT2D eigenvalue weighted by Gasteiger charge is 2.23. The Kier molecular flexibility index (Phi) is 5.80. The van der Waals surface area contributed by atoms with E-state index in [2.05, 4.69) is 69.0 Å². The van der Waals surface area contributed by atoms with E-state index in [1.165, 1.54) is 5.56 Å². The molecule has 1 heterocycles. The summed E-state index contributed by atoms with van der Waals surface area (Å²) < 4.78 is 0. The summed E-state index contributed by atoms with van der Waals surface area (Å²) in [5, 5.41) is 3.34. The highest BCUT2D eigenvalue weighted by atomic mass is 15.1. The van der Waals surface area contributed by atoms with Gasteiger partial charge in [0.1, 0.15) is 5.82 Å². The Balaban J connectivity index is 2.66. The second kappa shape index (κ2) is 6.90. The molecule has 0 bridgehead atoms. The maximum absolute atomic E-state index is 4.35. The molecule has 0 radical (unpaired) electrons. The van der Waals surface area contributed by atoms with Gasteiger partial charge in [-0.15, -0.1) is 0 Å². The second-order valence-corrected chi connectivity index (χ2v) is 6.43. The van der Waals surface area contributed by atoms with Crippen molar-refractivity contribution in [2.24, 2.45) is 5.41 Å². The smallest absolute Gasteiger partial charge is 0.126 e. The molecule has 0 fully saturated rings. The van der Waals surface area contributed by atoms with Crippen molar-refractivity contribution in [3.05, 3.63) is 23.9 Å². The molecule has 3 nitrogen and oxygen atoms in total. The monoisotopic (exact) mass is 263 g/mol. The largest absolute Gasteiger partial charge is 0.370 e. The average molecular weight is 263 g/mol. The van der Waals surface area contributed by atoms with Crippen LogP contribution in [0.15, 0.2) is 18.3 Å². The van der Waals surface area contributed by atoms with Crippen LogP contribution < -0.4 is 5.32 Å². The molecule has 0 aliphatic carbocycles. The molecule has 1 N–H and O–H groups in total. The molecule has 0 saturated carbocycles. The highest BCUT2D eigenvalue weighted by Crippen LogP contribution is 2.24. The fourth-order valence-electron chi connectivity index (χ4n) is 2.01. The molecule has 1 unspecified atom stereocenters. The number of nitrogens with one attached hydrogen (secondary N) is 1. The molecule has 0 aromatic carbocycles. The molecular formula is C16H29N3. The Hall–Kier alpha value is -1.09. The number of anilines is 1. The Morgan fingerprint density at radius 1 is 1.37 bits per heavy atom. The van der Waals surface area contributed by atoms with E-state index >= 15 is 0 Å². The summed E-state index contributed by atoms with van der Waals surface area (Å²) in [4.78, 5) is 6.75. The fraction of sp³-hybridized carbons (Fsp3) is 0.688. The summed E-state index contributed by atoms with van der Waals surface area (Å²) >= 11 is 0. The van der Waals surface area contributed by atoms with Gasteiger partial charge in [-0.3, -0.25) is 4.90 Å². The lowest BCUT2D eigenvalue weighted by Gasteiger charge is -2.35. The van der Waals surface area contributed by atoms with Crippen molar-refractivity contribution in [3.8, 4) is 0 Å². The summed E-state index contributed by atoms with van der Waals surface area (Å²) in [7, 11) is 2.19. The zero-order valence-corrected chi connectivity index (χ0v) is 13.3. The summed E-state index contributed by atoms with van der Waals surface area (Å²) in [5.41, 5.74) is 1.61. The van der Waals surface area contributed by atoms with Gasteiger partial charge in [-0.2, -0.15) is 0 Å². The van der Waals surface area contributed by atoms with Crippen LogP contribution in [0.25, 0.3) is 0 Å². The molecule has 1 atom stereocenters. The Morgan fingerprint density at radius 3 is 2.63 bits per heavy atom. The fourth-order valence-corrected chi connectivity index (χ4v) is 2.01. The zero-order chi connectivity index (χ0) is 14.5. The molecule has 3 heteroatoms. The highest BCUT2D eigenvalue weighted by molar-refractivity contribution is 5.37. The van der Waals surface area contributed by atoms with Crippen molar-refractivity contribution < 1.29 is 0 Å². The standard InChI is InChI=1S/C16H29N3/c1-7-9-17-15-11-14(8-10-18-15)12-19(6)13(2)16(3,4)5/h8,10-11,13H,7,9,12H2,1-6H3,(H,17,18). The number of hydrogen-bond donors (Lipinski definition) is 1. The molecule has 19 heavy (non-hydrogen) atoms. The van der Waals surface area contributed by atoms with Crippen LogP contribution in [0.4, 0.5) is 5.82 Å². The first-order chi connectivity index (χ1) is 8.84. The molecule has 1 aromatic rings. The van der Waals surface area contributed by atoms with Gasteiger partial charge in [-0.05, 0) is 43.5 Å². The minimum atomic E-state index is 0.297. The van der Waals surface area contributed by atoms with Crippen molar-refractivity contribution in [2.45, 2.75) is 53.6 Å². The summed E-state index contributed by atoms with van der Waals surface area (Å²) in [6.45, 7) is 13.2. The van der Waals surface area contributed by atoms with Gasteiger partial charge in [0.2, 0.25) is 0 Å². The molecule has 0 spiro atoms. The van der Waals surface area contributed by atoms with E-state index in [0.717, 1.165) is 25.3 Å². The first-order valence-electron chi connectivity index (χ1n) is 7.23. The van der Waals surface area contributed by atoms with Crippen LogP contribution >= 0.6 is 0 Å². The van der Waals surface area contributed by atoms with E-state index in [4.69, 9.17) is 0 Å². The van der Waals surface area contributed by atoms with Crippen LogP contribution in [0.5, 0.6) is 0 Å². The maximum atomic E-state index is 4.35. The van der Waals surface area contributed by atoms with Gasteiger partial charge in [0, 0.05) is 25.3 Å². The molecule has 108 valence electrons. The third-order valence-electron chi connectivity index (χ3n) is 3.73. The van der Waals surface area contributed by atoms with E-state index in [0.29, 0.717) is 11.5 Å². The number of hydrogen-bond acceptors (Lipinski definition) is 3. The van der Waals surface area contributed by atoms with Gasteiger partial charge < -0.3 is 5.32 Å². The Labute approximate surface area is 118 Å². The van der Waals surface area contributed by atoms with Crippen LogP contribution in [-0.4, -0.2) is 29.5 Å². The molecule has 0 aliphatic rings. The first kappa shape index (κ1) is 16.0. The van der Waals surface area contributed by atoms with Gasteiger partial charge in [-0.1, -0.05) is 27.7 Å². The van der Waals surface area contributed by atoms with E-state index in [1.54, 1.807) is 0 Å². The molecule has 0 saturated heterocycles. The van der Waals surface area contributed by atoms with Gasteiger partial charge >= 0.3 is 0 Å². The minimum Gasteiger partial charge on any atom is -0.370 e. The van der Waals surface area contributed by atoms with Crippen LogP contribution in [0.3, 0.4) is 0 Å². The lowest BCUT2D eigenvalue weighted by molar-refractivity contribution is 0.134. The normalized spacial score (nSPS) is 13.6. The van der Waals surface area contributed by atoms with E-state index in [9.17, 15) is 0 Å². The third kappa shape index (κ3) is 5.19. The summed E-state index contributed by atoms with van der Waals surface area (Å²) in [6, 6.07) is 4.79. The number of rotatable bonds is 6. The van der Waals surface area contributed by atoms with Crippen molar-refractivity contribution in [3.63, 3.8) is 0 Å². The number of pyridine rings is 1. The average Bonchev–Trinajstić information content (AvgIpc) is 2.34. The van der Waals surface area contributed by atoms with Gasteiger partial charge in [0.15, 0.2) is 0 Å². The van der Waals surface area contributed by atoms with Crippen LogP contribution in [-0.2, 0) is 6.54 Å². The van der Waals surface area contributed by atoms with Crippen LogP contribution in [0, 0.1) is 5.41 Å². The molecular weight excluding hydrogens is 234 g/mol. The van der Waals surface area contributed by atoms with E-state index in [-0.39, 0.29) is 0 Å². The third-order valence-corrected chi connectivity index (χ3v) is 3.73. The van der Waals surface area contributed by atoms with Gasteiger partial charge in [-0.25, -0.2) is 4.98 Å². The van der Waals surface area contributed by atoms with Crippen LogP contribution in [0.2, 0.25) is 0 Å². The summed E-state index contributed by atoms with van der Waals surface area (Å²) in [6.07, 6.45) is 3.01. The summed E-state index contributed by atoms with van der Waals surface area (Å²) in [5.74, 6) is 0.983.